The highest BCUT2D eigenvalue weighted by molar-refractivity contribution is 7.99. The van der Waals surface area contributed by atoms with Gasteiger partial charge >= 0.3 is 0 Å². The zero-order chi connectivity index (χ0) is 20.2. The molecule has 150 valence electrons. The maximum atomic E-state index is 12.3. The van der Waals surface area contributed by atoms with E-state index >= 15 is 0 Å². The molecule has 10 heteroatoms. The molecule has 0 saturated heterocycles. The normalized spacial score (nSPS) is 12.1. The smallest absolute Gasteiger partial charge is 0.234 e. The lowest BCUT2D eigenvalue weighted by Gasteiger charge is -2.08. The van der Waals surface area contributed by atoms with Crippen molar-refractivity contribution in [1.82, 2.24) is 19.7 Å². The number of methoxy groups -OCH3 is 1. The van der Waals surface area contributed by atoms with Crippen LogP contribution in [0, 0.1) is 0 Å². The average Bonchev–Trinajstić information content (AvgIpc) is 3.38. The standard InChI is InChI=1S/C19H19N5O4S/c1-3-24-18(14-8-15-16(9-20-14)28-11-27-15)22-23-19(24)29-10-17(25)21-12-4-6-13(26-2)7-5-12/h4-9H,3,10-11H2,1-2H3,(H,21,25). The highest BCUT2D eigenvalue weighted by atomic mass is 32.2. The van der Waals surface area contributed by atoms with E-state index in [2.05, 4.69) is 20.5 Å². The van der Waals surface area contributed by atoms with Crippen LogP contribution in [0.5, 0.6) is 17.2 Å². The van der Waals surface area contributed by atoms with Crippen molar-refractivity contribution in [2.24, 2.45) is 0 Å². The topological polar surface area (TPSA) is 100 Å². The van der Waals surface area contributed by atoms with E-state index in [4.69, 9.17) is 14.2 Å². The van der Waals surface area contributed by atoms with Crippen LogP contribution in [0.2, 0.25) is 0 Å². The van der Waals surface area contributed by atoms with Crippen molar-refractivity contribution >= 4 is 23.4 Å². The highest BCUT2D eigenvalue weighted by Gasteiger charge is 2.20. The third-order valence-electron chi connectivity index (χ3n) is 4.23. The summed E-state index contributed by atoms with van der Waals surface area (Å²) in [4.78, 5) is 16.7. The lowest BCUT2D eigenvalue weighted by atomic mass is 10.3. The summed E-state index contributed by atoms with van der Waals surface area (Å²) in [5.41, 5.74) is 1.34. The van der Waals surface area contributed by atoms with Crippen LogP contribution in [0.3, 0.4) is 0 Å². The van der Waals surface area contributed by atoms with E-state index in [1.54, 1.807) is 43.6 Å². The number of anilines is 1. The molecule has 0 fully saturated rings. The van der Waals surface area contributed by atoms with E-state index < -0.39 is 0 Å². The van der Waals surface area contributed by atoms with E-state index in [9.17, 15) is 4.79 Å². The second-order valence-corrected chi connectivity index (χ2v) is 6.98. The number of amides is 1. The average molecular weight is 413 g/mol. The molecule has 0 aliphatic carbocycles. The van der Waals surface area contributed by atoms with Crippen LogP contribution >= 0.6 is 11.8 Å². The van der Waals surface area contributed by atoms with Crippen molar-refractivity contribution in [2.45, 2.75) is 18.6 Å². The van der Waals surface area contributed by atoms with Crippen molar-refractivity contribution in [1.29, 1.82) is 0 Å². The number of carbonyl (C=O) groups is 1. The van der Waals surface area contributed by atoms with Crippen molar-refractivity contribution in [3.05, 3.63) is 36.5 Å². The van der Waals surface area contributed by atoms with Crippen LogP contribution in [0.15, 0.2) is 41.7 Å². The van der Waals surface area contributed by atoms with Crippen molar-refractivity contribution in [2.75, 3.05) is 25.0 Å². The molecule has 29 heavy (non-hydrogen) atoms. The zero-order valence-corrected chi connectivity index (χ0v) is 16.7. The van der Waals surface area contributed by atoms with E-state index in [1.807, 2.05) is 11.5 Å². The number of hydrogen-bond donors (Lipinski definition) is 1. The third-order valence-corrected chi connectivity index (χ3v) is 5.20. The summed E-state index contributed by atoms with van der Waals surface area (Å²) in [5.74, 6) is 2.67. The Morgan fingerprint density at radius 2 is 2.03 bits per heavy atom. The molecule has 0 spiro atoms. The number of aromatic nitrogens is 4. The van der Waals surface area contributed by atoms with Gasteiger partial charge in [-0.25, -0.2) is 4.98 Å². The van der Waals surface area contributed by atoms with Gasteiger partial charge in [-0.3, -0.25) is 4.79 Å². The van der Waals surface area contributed by atoms with Crippen molar-refractivity contribution in [3.8, 4) is 28.8 Å². The van der Waals surface area contributed by atoms with E-state index in [1.165, 1.54) is 11.8 Å². The van der Waals surface area contributed by atoms with Gasteiger partial charge in [-0.1, -0.05) is 11.8 Å². The van der Waals surface area contributed by atoms with Gasteiger partial charge < -0.3 is 24.1 Å². The summed E-state index contributed by atoms with van der Waals surface area (Å²) in [6.45, 7) is 2.81. The van der Waals surface area contributed by atoms with Crippen LogP contribution < -0.4 is 19.5 Å². The van der Waals surface area contributed by atoms with Gasteiger partial charge in [0.15, 0.2) is 22.5 Å². The lowest BCUT2D eigenvalue weighted by Crippen LogP contribution is -2.14. The number of benzene rings is 1. The minimum Gasteiger partial charge on any atom is -0.497 e. The van der Waals surface area contributed by atoms with E-state index in [-0.39, 0.29) is 18.5 Å². The number of fused-ring (bicyclic) bond motifs is 1. The maximum Gasteiger partial charge on any atom is 0.234 e. The fraction of sp³-hybridized carbons (Fsp3) is 0.263. The molecule has 1 aliphatic heterocycles. The van der Waals surface area contributed by atoms with Gasteiger partial charge in [0.05, 0.1) is 19.1 Å². The number of thioether (sulfide) groups is 1. The molecule has 0 saturated carbocycles. The number of hydrogen-bond acceptors (Lipinski definition) is 8. The molecule has 3 aromatic rings. The summed E-state index contributed by atoms with van der Waals surface area (Å²) in [5, 5.41) is 12.0. The third kappa shape index (κ3) is 4.11. The van der Waals surface area contributed by atoms with Crippen molar-refractivity contribution in [3.63, 3.8) is 0 Å². The molecule has 0 bridgehead atoms. The summed E-state index contributed by atoms with van der Waals surface area (Å²) in [6.07, 6.45) is 1.61. The number of pyridine rings is 1. The summed E-state index contributed by atoms with van der Waals surface area (Å²) in [7, 11) is 1.60. The van der Waals surface area contributed by atoms with E-state index in [0.29, 0.717) is 40.4 Å². The molecule has 1 aliphatic rings. The Labute approximate surface area is 171 Å². The Hall–Kier alpha value is -3.27. The molecule has 0 unspecified atom stereocenters. The first-order chi connectivity index (χ1) is 14.2. The van der Waals surface area contributed by atoms with Crippen LogP contribution in [0.25, 0.3) is 11.5 Å². The zero-order valence-electron chi connectivity index (χ0n) is 15.9. The van der Waals surface area contributed by atoms with Crippen LogP contribution in [0.1, 0.15) is 6.92 Å². The summed E-state index contributed by atoms with van der Waals surface area (Å²) < 4.78 is 17.7. The van der Waals surface area contributed by atoms with Crippen LogP contribution in [0.4, 0.5) is 5.69 Å². The Bertz CT molecular complexity index is 1020. The monoisotopic (exact) mass is 413 g/mol. The Morgan fingerprint density at radius 3 is 2.79 bits per heavy atom. The molecule has 9 nitrogen and oxygen atoms in total. The van der Waals surface area contributed by atoms with Crippen LogP contribution in [-0.4, -0.2) is 45.3 Å². The molecular weight excluding hydrogens is 394 g/mol. The van der Waals surface area contributed by atoms with Crippen molar-refractivity contribution < 1.29 is 19.0 Å². The van der Waals surface area contributed by atoms with E-state index in [0.717, 1.165) is 5.75 Å². The molecule has 0 radical (unpaired) electrons. The number of nitrogens with zero attached hydrogens (tertiary/aromatic N) is 4. The second-order valence-electron chi connectivity index (χ2n) is 6.04. The van der Waals surface area contributed by atoms with Gasteiger partial charge in [-0.15, -0.1) is 10.2 Å². The lowest BCUT2D eigenvalue weighted by molar-refractivity contribution is -0.113. The van der Waals surface area contributed by atoms with Gasteiger partial charge in [0.2, 0.25) is 12.7 Å². The van der Waals surface area contributed by atoms with Gasteiger partial charge in [0.1, 0.15) is 11.4 Å². The number of rotatable bonds is 7. The number of ether oxygens (including phenoxy) is 3. The maximum absolute atomic E-state index is 12.3. The second kappa shape index (κ2) is 8.39. The SMILES string of the molecule is CCn1c(SCC(=O)Nc2ccc(OC)cc2)nnc1-c1cc2c(cn1)OCO2. The number of carbonyl (C=O) groups excluding carboxylic acids is 1. The quantitative estimate of drug-likeness (QED) is 0.590. The minimum absolute atomic E-state index is 0.131. The first-order valence-corrected chi connectivity index (χ1v) is 9.92. The molecule has 3 heterocycles. The summed E-state index contributed by atoms with van der Waals surface area (Å²) in [6, 6.07) is 8.95. The minimum atomic E-state index is -0.131. The molecule has 1 aromatic carbocycles. The van der Waals surface area contributed by atoms with Gasteiger partial charge in [0.25, 0.3) is 0 Å². The molecule has 1 N–H and O–H groups in total. The molecule has 4 rings (SSSR count). The first kappa shape index (κ1) is 19.1. The fourth-order valence-electron chi connectivity index (χ4n) is 2.80. The molecule has 1 amide bonds. The molecular formula is C19H19N5O4S. The Morgan fingerprint density at radius 1 is 1.24 bits per heavy atom. The number of nitrogens with one attached hydrogen (secondary N) is 1. The van der Waals surface area contributed by atoms with Gasteiger partial charge in [-0.05, 0) is 31.2 Å². The highest BCUT2D eigenvalue weighted by Crippen LogP contribution is 2.34. The fourth-order valence-corrected chi connectivity index (χ4v) is 3.60. The predicted molar refractivity (Wildman–Crippen MR) is 107 cm³/mol. The largest absolute Gasteiger partial charge is 0.497 e. The Kier molecular flexibility index (Phi) is 5.52. The predicted octanol–water partition coefficient (Wildman–Crippen LogP) is 2.83. The van der Waals surface area contributed by atoms with Crippen LogP contribution in [-0.2, 0) is 11.3 Å². The first-order valence-electron chi connectivity index (χ1n) is 8.94. The molecule has 2 aromatic heterocycles. The molecule has 0 atom stereocenters. The van der Waals surface area contributed by atoms with Gasteiger partial charge in [-0.2, -0.15) is 0 Å². The van der Waals surface area contributed by atoms with Gasteiger partial charge in [0, 0.05) is 18.3 Å². The summed E-state index contributed by atoms with van der Waals surface area (Å²) >= 11 is 1.32. The Balaban J connectivity index is 1.43.